The Morgan fingerprint density at radius 2 is 2.03 bits per heavy atom. The molecule has 2 aliphatic rings. The molecule has 0 aromatic carbocycles. The number of fused-ring (bicyclic) bond motifs is 1. The quantitative estimate of drug-likeness (QED) is 0.654. The molecule has 31 heavy (non-hydrogen) atoms. The number of ether oxygens (including phenoxy) is 1. The molecule has 9 heteroatoms. The first-order valence-corrected chi connectivity index (χ1v) is 11.9. The molecule has 2 aromatic heterocycles. The highest BCUT2D eigenvalue weighted by Gasteiger charge is 2.37. The van der Waals surface area contributed by atoms with Crippen LogP contribution in [0.4, 0.5) is 4.79 Å². The second kappa shape index (κ2) is 8.68. The summed E-state index contributed by atoms with van der Waals surface area (Å²) in [6, 6.07) is 0.138. The maximum atomic E-state index is 13.5. The van der Waals surface area contributed by atoms with Gasteiger partial charge < -0.3 is 14.5 Å². The maximum Gasteiger partial charge on any atom is 0.410 e. The summed E-state index contributed by atoms with van der Waals surface area (Å²) in [4.78, 5) is 35.0. The average Bonchev–Trinajstić information content (AvgIpc) is 3.26. The molecule has 168 valence electrons. The Kier molecular flexibility index (Phi) is 6.14. The number of nitrogens with zero attached hydrogens (tertiary/aromatic N) is 5. The number of likely N-dealkylation sites (tertiary alicyclic amines) is 1. The van der Waals surface area contributed by atoms with Gasteiger partial charge in [-0.05, 0) is 26.2 Å². The number of aryl methyl sites for hydroxylation is 2. The fourth-order valence-electron chi connectivity index (χ4n) is 4.49. The molecule has 0 bridgehead atoms. The molecule has 4 rings (SSSR count). The van der Waals surface area contributed by atoms with E-state index in [2.05, 4.69) is 23.9 Å². The SMILES string of the molecule is CCC1CN(C2CCN(C(=O)c3cnc4c(c(C)nn4C)c3SC(C)C)CC2)C(=O)O1. The normalized spacial score (nSPS) is 20.2. The first-order valence-electron chi connectivity index (χ1n) is 11.1. The van der Waals surface area contributed by atoms with Crippen molar-refractivity contribution < 1.29 is 14.3 Å². The summed E-state index contributed by atoms with van der Waals surface area (Å²) in [6.07, 6.45) is 3.85. The summed E-state index contributed by atoms with van der Waals surface area (Å²) < 4.78 is 7.19. The van der Waals surface area contributed by atoms with Crippen LogP contribution in [0.3, 0.4) is 0 Å². The van der Waals surface area contributed by atoms with Crippen LogP contribution in [0.2, 0.25) is 0 Å². The van der Waals surface area contributed by atoms with Gasteiger partial charge >= 0.3 is 6.09 Å². The number of hydrogen-bond acceptors (Lipinski definition) is 6. The lowest BCUT2D eigenvalue weighted by atomic mass is 10.0. The van der Waals surface area contributed by atoms with Crippen molar-refractivity contribution in [3.8, 4) is 0 Å². The second-order valence-electron chi connectivity index (χ2n) is 8.66. The van der Waals surface area contributed by atoms with E-state index in [-0.39, 0.29) is 24.1 Å². The van der Waals surface area contributed by atoms with E-state index in [1.165, 1.54) is 0 Å². The first-order chi connectivity index (χ1) is 14.8. The maximum absolute atomic E-state index is 13.5. The molecule has 0 saturated carbocycles. The monoisotopic (exact) mass is 445 g/mol. The molecule has 2 aliphatic heterocycles. The molecule has 0 radical (unpaired) electrons. The molecule has 4 heterocycles. The zero-order chi connectivity index (χ0) is 22.3. The summed E-state index contributed by atoms with van der Waals surface area (Å²) in [5, 5.41) is 5.81. The van der Waals surface area contributed by atoms with E-state index in [9.17, 15) is 9.59 Å². The molecule has 2 amide bonds. The van der Waals surface area contributed by atoms with Gasteiger partial charge in [-0.25, -0.2) is 9.78 Å². The van der Waals surface area contributed by atoms with E-state index in [1.807, 2.05) is 30.7 Å². The number of thioether (sulfide) groups is 1. The smallest absolute Gasteiger partial charge is 0.410 e. The van der Waals surface area contributed by atoms with Crippen LogP contribution < -0.4 is 0 Å². The van der Waals surface area contributed by atoms with Crippen molar-refractivity contribution in [2.24, 2.45) is 7.05 Å². The standard InChI is InChI=1S/C22H31N5O3S/c1-6-16-12-27(22(29)30-16)15-7-9-26(10-8-15)21(28)17-11-23-20-18(14(4)24-25(20)5)19(17)31-13(2)3/h11,13,15-16H,6-10,12H2,1-5H3. The van der Waals surface area contributed by atoms with Crippen LogP contribution in [-0.2, 0) is 11.8 Å². The molecule has 8 nitrogen and oxygen atoms in total. The van der Waals surface area contributed by atoms with Gasteiger partial charge in [0.05, 0.1) is 23.2 Å². The van der Waals surface area contributed by atoms with Crippen molar-refractivity contribution in [3.63, 3.8) is 0 Å². The Morgan fingerprint density at radius 1 is 1.32 bits per heavy atom. The minimum atomic E-state index is -0.214. The summed E-state index contributed by atoms with van der Waals surface area (Å²) in [6.45, 7) is 10.2. The minimum absolute atomic E-state index is 0.00897. The van der Waals surface area contributed by atoms with Crippen LogP contribution in [0.5, 0.6) is 0 Å². The van der Waals surface area contributed by atoms with Gasteiger partial charge in [-0.2, -0.15) is 5.10 Å². The Hall–Kier alpha value is -2.29. The Balaban J connectivity index is 1.54. The lowest BCUT2D eigenvalue weighted by Crippen LogP contribution is -2.47. The van der Waals surface area contributed by atoms with E-state index in [4.69, 9.17) is 4.74 Å². The van der Waals surface area contributed by atoms with Gasteiger partial charge in [0.1, 0.15) is 6.10 Å². The third-order valence-corrected chi connectivity index (χ3v) is 7.24. The van der Waals surface area contributed by atoms with Crippen LogP contribution in [0.1, 0.15) is 56.1 Å². The molecular weight excluding hydrogens is 414 g/mol. The highest BCUT2D eigenvalue weighted by molar-refractivity contribution is 8.00. The predicted octanol–water partition coefficient (Wildman–Crippen LogP) is 3.61. The summed E-state index contributed by atoms with van der Waals surface area (Å²) in [7, 11) is 1.88. The van der Waals surface area contributed by atoms with Crippen molar-refractivity contribution in [1.82, 2.24) is 24.6 Å². The number of piperidine rings is 1. The number of carbonyl (C=O) groups excluding carboxylic acids is 2. The van der Waals surface area contributed by atoms with E-state index >= 15 is 0 Å². The van der Waals surface area contributed by atoms with Crippen LogP contribution in [0, 0.1) is 6.92 Å². The lowest BCUT2D eigenvalue weighted by molar-refractivity contribution is 0.0655. The van der Waals surface area contributed by atoms with Gasteiger partial charge in [0.25, 0.3) is 5.91 Å². The highest BCUT2D eigenvalue weighted by atomic mass is 32.2. The number of aromatic nitrogens is 3. The van der Waals surface area contributed by atoms with Crippen LogP contribution in [0.25, 0.3) is 11.0 Å². The van der Waals surface area contributed by atoms with Crippen molar-refractivity contribution in [1.29, 1.82) is 0 Å². The largest absolute Gasteiger partial charge is 0.444 e. The van der Waals surface area contributed by atoms with Gasteiger partial charge in [0, 0.05) is 42.5 Å². The summed E-state index contributed by atoms with van der Waals surface area (Å²) >= 11 is 1.69. The van der Waals surface area contributed by atoms with Crippen LogP contribution >= 0.6 is 11.8 Å². The number of carbonyl (C=O) groups is 2. The van der Waals surface area contributed by atoms with Gasteiger partial charge in [-0.3, -0.25) is 9.48 Å². The van der Waals surface area contributed by atoms with Crippen molar-refractivity contribution in [3.05, 3.63) is 17.5 Å². The summed E-state index contributed by atoms with van der Waals surface area (Å²) in [5.41, 5.74) is 2.33. The Morgan fingerprint density at radius 3 is 2.65 bits per heavy atom. The van der Waals surface area contributed by atoms with Gasteiger partial charge in [0.15, 0.2) is 5.65 Å². The van der Waals surface area contributed by atoms with Gasteiger partial charge in [0.2, 0.25) is 0 Å². The third kappa shape index (κ3) is 4.12. The lowest BCUT2D eigenvalue weighted by Gasteiger charge is -2.35. The van der Waals surface area contributed by atoms with Crippen molar-refractivity contribution in [2.45, 2.75) is 69.2 Å². The molecule has 0 N–H and O–H groups in total. The third-order valence-electron chi connectivity index (χ3n) is 6.11. The van der Waals surface area contributed by atoms with E-state index < -0.39 is 0 Å². The van der Waals surface area contributed by atoms with Crippen LogP contribution in [-0.4, -0.2) is 73.6 Å². The van der Waals surface area contributed by atoms with Crippen LogP contribution in [0.15, 0.2) is 11.1 Å². The topological polar surface area (TPSA) is 80.6 Å². The van der Waals surface area contributed by atoms with Crippen molar-refractivity contribution in [2.75, 3.05) is 19.6 Å². The molecule has 1 atom stereocenters. The first kappa shape index (κ1) is 21.9. The molecule has 0 aliphatic carbocycles. The number of rotatable bonds is 5. The van der Waals surface area contributed by atoms with E-state index in [0.717, 1.165) is 40.9 Å². The van der Waals surface area contributed by atoms with Gasteiger partial charge in [-0.15, -0.1) is 11.8 Å². The molecule has 0 spiro atoms. The highest BCUT2D eigenvalue weighted by Crippen LogP contribution is 2.36. The van der Waals surface area contributed by atoms with E-state index in [0.29, 0.717) is 30.4 Å². The molecule has 2 saturated heterocycles. The zero-order valence-electron chi connectivity index (χ0n) is 18.9. The number of amides is 2. The fraction of sp³-hybridized carbons (Fsp3) is 0.636. The summed E-state index contributed by atoms with van der Waals surface area (Å²) in [5.74, 6) is 0.00897. The Labute approximate surface area is 187 Å². The minimum Gasteiger partial charge on any atom is -0.444 e. The molecular formula is C22H31N5O3S. The second-order valence-corrected chi connectivity index (χ2v) is 10.3. The fourth-order valence-corrected chi connectivity index (χ4v) is 5.59. The number of pyridine rings is 1. The number of hydrogen-bond donors (Lipinski definition) is 0. The Bertz CT molecular complexity index is 997. The van der Waals surface area contributed by atoms with E-state index in [1.54, 1.807) is 22.6 Å². The predicted molar refractivity (Wildman–Crippen MR) is 120 cm³/mol. The molecule has 1 unspecified atom stereocenters. The van der Waals surface area contributed by atoms with Crippen molar-refractivity contribution >= 4 is 34.8 Å². The van der Waals surface area contributed by atoms with Gasteiger partial charge in [-0.1, -0.05) is 20.8 Å². The number of cyclic esters (lactones) is 1. The zero-order valence-corrected chi connectivity index (χ0v) is 19.7. The molecule has 2 aromatic rings. The molecule has 2 fully saturated rings. The average molecular weight is 446 g/mol.